The van der Waals surface area contributed by atoms with Gasteiger partial charge in [0.15, 0.2) is 0 Å². The summed E-state index contributed by atoms with van der Waals surface area (Å²) in [6.07, 6.45) is 1.61. The summed E-state index contributed by atoms with van der Waals surface area (Å²) in [5.41, 5.74) is 7.02. The second-order valence-corrected chi connectivity index (χ2v) is 4.23. The highest BCUT2D eigenvalue weighted by Gasteiger charge is 2.08. The van der Waals surface area contributed by atoms with Gasteiger partial charge in [0, 0.05) is 12.2 Å². The topological polar surface area (TPSA) is 112 Å². The number of benzene rings is 1. The van der Waals surface area contributed by atoms with Crippen LogP contribution in [0.3, 0.4) is 0 Å². The maximum absolute atomic E-state index is 11.8. The summed E-state index contributed by atoms with van der Waals surface area (Å²) in [6.45, 7) is 0.308. The van der Waals surface area contributed by atoms with Gasteiger partial charge in [-0.2, -0.15) is 0 Å². The molecule has 0 fully saturated rings. The van der Waals surface area contributed by atoms with Crippen molar-refractivity contribution in [3.8, 4) is 0 Å². The van der Waals surface area contributed by atoms with Crippen LogP contribution in [-0.2, 0) is 22.6 Å². The van der Waals surface area contributed by atoms with Crippen LogP contribution in [-0.4, -0.2) is 34.0 Å². The number of nitrogens with two attached hydrogens (primary N) is 1. The van der Waals surface area contributed by atoms with Crippen LogP contribution in [0.25, 0.3) is 0 Å². The maximum Gasteiger partial charge on any atom is 0.337 e. The van der Waals surface area contributed by atoms with Crippen molar-refractivity contribution < 1.29 is 14.3 Å². The van der Waals surface area contributed by atoms with Gasteiger partial charge in [-0.15, -0.1) is 5.10 Å². The van der Waals surface area contributed by atoms with E-state index in [1.807, 2.05) is 0 Å². The van der Waals surface area contributed by atoms with E-state index >= 15 is 0 Å². The van der Waals surface area contributed by atoms with Crippen LogP contribution in [0.4, 0.5) is 5.69 Å². The maximum atomic E-state index is 11.8. The third-order valence-electron chi connectivity index (χ3n) is 2.69. The fourth-order valence-electron chi connectivity index (χ4n) is 1.66. The number of rotatable bonds is 5. The third-order valence-corrected chi connectivity index (χ3v) is 2.69. The number of carbonyl (C=O) groups is 2. The summed E-state index contributed by atoms with van der Waals surface area (Å²) < 4.78 is 6.00. The van der Waals surface area contributed by atoms with Crippen molar-refractivity contribution >= 4 is 17.6 Å². The SMILES string of the molecule is COC(=O)c1ccc(NC(=O)Cn2cc(CN)nn2)cc1. The Kier molecular flexibility index (Phi) is 4.62. The summed E-state index contributed by atoms with van der Waals surface area (Å²) in [5, 5.41) is 10.3. The van der Waals surface area contributed by atoms with E-state index in [0.717, 1.165) is 0 Å². The van der Waals surface area contributed by atoms with Gasteiger partial charge in [0.1, 0.15) is 6.54 Å². The molecule has 2 aromatic rings. The van der Waals surface area contributed by atoms with E-state index < -0.39 is 5.97 Å². The zero-order chi connectivity index (χ0) is 15.2. The minimum Gasteiger partial charge on any atom is -0.465 e. The van der Waals surface area contributed by atoms with E-state index in [0.29, 0.717) is 16.9 Å². The quantitative estimate of drug-likeness (QED) is 0.758. The van der Waals surface area contributed by atoms with Gasteiger partial charge in [0.05, 0.1) is 24.6 Å². The zero-order valence-electron chi connectivity index (χ0n) is 11.4. The van der Waals surface area contributed by atoms with Crippen LogP contribution in [0.2, 0.25) is 0 Å². The highest BCUT2D eigenvalue weighted by Crippen LogP contribution is 2.10. The minimum absolute atomic E-state index is 0.0335. The Morgan fingerprint density at radius 3 is 2.62 bits per heavy atom. The summed E-state index contributed by atoms with van der Waals surface area (Å²) in [7, 11) is 1.31. The molecule has 110 valence electrons. The number of amides is 1. The molecule has 0 unspecified atom stereocenters. The van der Waals surface area contributed by atoms with Gasteiger partial charge >= 0.3 is 5.97 Å². The molecule has 8 nitrogen and oxygen atoms in total. The highest BCUT2D eigenvalue weighted by atomic mass is 16.5. The Bertz CT molecular complexity index is 636. The largest absolute Gasteiger partial charge is 0.465 e. The fraction of sp³-hybridized carbons (Fsp3) is 0.231. The summed E-state index contributed by atoms with van der Waals surface area (Å²) in [6, 6.07) is 6.39. The first-order valence-corrected chi connectivity index (χ1v) is 6.19. The van der Waals surface area contributed by atoms with Crippen molar-refractivity contribution in [2.24, 2.45) is 5.73 Å². The van der Waals surface area contributed by atoms with Gasteiger partial charge in [-0.1, -0.05) is 5.21 Å². The van der Waals surface area contributed by atoms with E-state index in [2.05, 4.69) is 20.4 Å². The third kappa shape index (κ3) is 3.86. The molecule has 21 heavy (non-hydrogen) atoms. The van der Waals surface area contributed by atoms with Crippen molar-refractivity contribution in [2.75, 3.05) is 12.4 Å². The van der Waals surface area contributed by atoms with Gasteiger partial charge in [-0.3, -0.25) is 4.79 Å². The number of aromatic nitrogens is 3. The Morgan fingerprint density at radius 1 is 1.33 bits per heavy atom. The molecule has 0 atom stereocenters. The molecule has 0 spiro atoms. The first-order chi connectivity index (χ1) is 10.1. The molecular formula is C13H15N5O3. The molecule has 1 aromatic heterocycles. The van der Waals surface area contributed by atoms with Crippen LogP contribution < -0.4 is 11.1 Å². The van der Waals surface area contributed by atoms with E-state index in [1.165, 1.54) is 11.8 Å². The lowest BCUT2D eigenvalue weighted by Crippen LogP contribution is -2.19. The molecule has 8 heteroatoms. The number of hydrogen-bond acceptors (Lipinski definition) is 6. The number of nitrogens with zero attached hydrogens (tertiary/aromatic N) is 3. The number of methoxy groups -OCH3 is 1. The smallest absolute Gasteiger partial charge is 0.337 e. The van der Waals surface area contributed by atoms with Gasteiger partial charge in [-0.05, 0) is 24.3 Å². The lowest BCUT2D eigenvalue weighted by molar-refractivity contribution is -0.116. The minimum atomic E-state index is -0.426. The van der Waals surface area contributed by atoms with Crippen molar-refractivity contribution in [2.45, 2.75) is 13.1 Å². The Labute approximate surface area is 120 Å². The molecule has 1 aromatic carbocycles. The molecule has 1 heterocycles. The number of hydrogen-bond donors (Lipinski definition) is 2. The molecule has 0 bridgehead atoms. The van der Waals surface area contributed by atoms with Crippen molar-refractivity contribution in [3.05, 3.63) is 41.7 Å². The molecule has 0 aliphatic carbocycles. The van der Waals surface area contributed by atoms with Crippen molar-refractivity contribution in [3.63, 3.8) is 0 Å². The predicted octanol–water partition coefficient (Wildman–Crippen LogP) is 0.162. The van der Waals surface area contributed by atoms with Crippen LogP contribution in [0.1, 0.15) is 16.1 Å². The van der Waals surface area contributed by atoms with Crippen LogP contribution in [0, 0.1) is 0 Å². The molecule has 0 aliphatic rings. The van der Waals surface area contributed by atoms with E-state index in [-0.39, 0.29) is 19.0 Å². The first-order valence-electron chi connectivity index (χ1n) is 6.19. The molecule has 1 amide bonds. The number of carbonyl (C=O) groups excluding carboxylic acids is 2. The molecule has 2 rings (SSSR count). The monoisotopic (exact) mass is 289 g/mol. The number of ether oxygens (including phenoxy) is 1. The van der Waals surface area contributed by atoms with Gasteiger partial charge in [0.2, 0.25) is 5.91 Å². The average Bonchev–Trinajstić information content (AvgIpc) is 2.94. The molecule has 0 aliphatic heterocycles. The summed E-state index contributed by atoms with van der Waals surface area (Å²) in [4.78, 5) is 23.1. The summed E-state index contributed by atoms with van der Waals surface area (Å²) >= 11 is 0. The lowest BCUT2D eigenvalue weighted by atomic mass is 10.2. The van der Waals surface area contributed by atoms with Gasteiger partial charge in [-0.25, -0.2) is 9.48 Å². The second kappa shape index (κ2) is 6.62. The standard InChI is InChI=1S/C13H15N5O3/c1-21-13(20)9-2-4-10(5-3-9)15-12(19)8-18-7-11(6-14)16-17-18/h2-5,7H,6,8,14H2,1H3,(H,15,19). The molecule has 0 saturated heterocycles. The fourth-order valence-corrected chi connectivity index (χ4v) is 1.66. The Morgan fingerprint density at radius 2 is 2.05 bits per heavy atom. The van der Waals surface area contributed by atoms with E-state index in [9.17, 15) is 9.59 Å². The highest BCUT2D eigenvalue weighted by molar-refractivity contribution is 5.92. The summed E-state index contributed by atoms with van der Waals surface area (Å²) in [5.74, 6) is -0.681. The normalized spacial score (nSPS) is 10.2. The number of anilines is 1. The zero-order valence-corrected chi connectivity index (χ0v) is 11.4. The second-order valence-electron chi connectivity index (χ2n) is 4.23. The average molecular weight is 289 g/mol. The molecular weight excluding hydrogens is 274 g/mol. The molecule has 0 radical (unpaired) electrons. The van der Waals surface area contributed by atoms with E-state index in [1.54, 1.807) is 30.5 Å². The van der Waals surface area contributed by atoms with E-state index in [4.69, 9.17) is 5.73 Å². The molecule has 0 saturated carbocycles. The Balaban J connectivity index is 1.94. The van der Waals surface area contributed by atoms with Crippen LogP contribution in [0.15, 0.2) is 30.5 Å². The number of esters is 1. The lowest BCUT2D eigenvalue weighted by Gasteiger charge is -2.05. The van der Waals surface area contributed by atoms with Gasteiger partial charge in [0.25, 0.3) is 0 Å². The number of nitrogens with one attached hydrogen (secondary N) is 1. The van der Waals surface area contributed by atoms with Crippen molar-refractivity contribution in [1.82, 2.24) is 15.0 Å². The van der Waals surface area contributed by atoms with Crippen LogP contribution >= 0.6 is 0 Å². The predicted molar refractivity (Wildman–Crippen MR) is 74.3 cm³/mol. The van der Waals surface area contributed by atoms with Crippen LogP contribution in [0.5, 0.6) is 0 Å². The molecule has 3 N–H and O–H groups in total. The Hall–Kier alpha value is -2.74. The van der Waals surface area contributed by atoms with Crippen molar-refractivity contribution in [1.29, 1.82) is 0 Å². The first kappa shape index (κ1) is 14.7. The van der Waals surface area contributed by atoms with Gasteiger partial charge < -0.3 is 15.8 Å².